The van der Waals surface area contributed by atoms with Gasteiger partial charge in [0.1, 0.15) is 0 Å². The van der Waals surface area contributed by atoms with Crippen LogP contribution < -0.4 is 5.32 Å². The molecule has 2 aliphatic rings. The van der Waals surface area contributed by atoms with Gasteiger partial charge in [-0.25, -0.2) is 0 Å². The highest BCUT2D eigenvalue weighted by Gasteiger charge is 2.25. The molecule has 88 valence electrons. The lowest BCUT2D eigenvalue weighted by Crippen LogP contribution is -2.51. The lowest BCUT2D eigenvalue weighted by molar-refractivity contribution is 0.0616. The van der Waals surface area contributed by atoms with Crippen molar-refractivity contribution in [2.75, 3.05) is 39.4 Å². The SMILES string of the molecule is CC1CN(CC2COCCN2)CC(C)S1. The van der Waals surface area contributed by atoms with Crippen molar-refractivity contribution in [3.05, 3.63) is 0 Å². The van der Waals surface area contributed by atoms with Crippen LogP contribution in [0.2, 0.25) is 0 Å². The molecule has 3 atom stereocenters. The first-order valence-electron chi connectivity index (χ1n) is 5.93. The van der Waals surface area contributed by atoms with Gasteiger partial charge in [0, 0.05) is 42.7 Å². The molecule has 15 heavy (non-hydrogen) atoms. The van der Waals surface area contributed by atoms with E-state index >= 15 is 0 Å². The normalized spacial score (nSPS) is 39.2. The van der Waals surface area contributed by atoms with E-state index in [0.717, 1.165) is 36.8 Å². The first kappa shape index (κ1) is 11.7. The highest BCUT2D eigenvalue weighted by Crippen LogP contribution is 2.24. The fraction of sp³-hybridized carbons (Fsp3) is 1.00. The van der Waals surface area contributed by atoms with Crippen LogP contribution in [0.1, 0.15) is 13.8 Å². The predicted molar refractivity (Wildman–Crippen MR) is 65.6 cm³/mol. The van der Waals surface area contributed by atoms with Crippen molar-refractivity contribution in [2.24, 2.45) is 0 Å². The van der Waals surface area contributed by atoms with Crippen LogP contribution in [0.15, 0.2) is 0 Å². The molecule has 0 aromatic rings. The first-order chi connectivity index (χ1) is 7.24. The van der Waals surface area contributed by atoms with E-state index in [0.29, 0.717) is 6.04 Å². The summed E-state index contributed by atoms with van der Waals surface area (Å²) >= 11 is 2.11. The van der Waals surface area contributed by atoms with E-state index < -0.39 is 0 Å². The quantitative estimate of drug-likeness (QED) is 0.758. The number of rotatable bonds is 2. The van der Waals surface area contributed by atoms with Crippen molar-refractivity contribution >= 4 is 11.8 Å². The molecule has 2 saturated heterocycles. The fourth-order valence-corrected chi connectivity index (χ4v) is 3.87. The summed E-state index contributed by atoms with van der Waals surface area (Å²) in [6, 6.07) is 0.543. The summed E-state index contributed by atoms with van der Waals surface area (Å²) in [7, 11) is 0. The van der Waals surface area contributed by atoms with Crippen molar-refractivity contribution < 1.29 is 4.74 Å². The summed E-state index contributed by atoms with van der Waals surface area (Å²) in [6.45, 7) is 11.0. The number of thioether (sulfide) groups is 1. The number of hydrogen-bond acceptors (Lipinski definition) is 4. The zero-order chi connectivity index (χ0) is 10.7. The topological polar surface area (TPSA) is 24.5 Å². The fourth-order valence-electron chi connectivity index (χ4n) is 2.48. The Bertz CT molecular complexity index is 187. The lowest BCUT2D eigenvalue weighted by Gasteiger charge is -2.37. The molecule has 2 fully saturated rings. The maximum atomic E-state index is 5.48. The highest BCUT2D eigenvalue weighted by atomic mass is 32.2. The van der Waals surface area contributed by atoms with E-state index in [2.05, 4.69) is 35.8 Å². The standard InChI is InChI=1S/C11H22N2OS/c1-9-5-13(6-10(2)15-9)7-11-8-14-4-3-12-11/h9-12H,3-8H2,1-2H3. The summed E-state index contributed by atoms with van der Waals surface area (Å²) in [5.74, 6) is 0. The van der Waals surface area contributed by atoms with Gasteiger partial charge >= 0.3 is 0 Å². The molecule has 0 radical (unpaired) electrons. The van der Waals surface area contributed by atoms with E-state index in [9.17, 15) is 0 Å². The maximum Gasteiger partial charge on any atom is 0.0632 e. The Kier molecular flexibility index (Phi) is 4.31. The Hall–Kier alpha value is 0.230. The average molecular weight is 230 g/mol. The zero-order valence-corrected chi connectivity index (χ0v) is 10.6. The van der Waals surface area contributed by atoms with Gasteiger partial charge in [0.2, 0.25) is 0 Å². The molecule has 3 nitrogen and oxygen atoms in total. The molecule has 4 heteroatoms. The minimum atomic E-state index is 0.543. The van der Waals surface area contributed by atoms with Crippen LogP contribution in [0.25, 0.3) is 0 Å². The minimum absolute atomic E-state index is 0.543. The van der Waals surface area contributed by atoms with Gasteiger partial charge in [-0.1, -0.05) is 13.8 Å². The largest absolute Gasteiger partial charge is 0.378 e. The second kappa shape index (κ2) is 5.53. The van der Waals surface area contributed by atoms with Gasteiger partial charge in [-0.05, 0) is 0 Å². The van der Waals surface area contributed by atoms with E-state index in [-0.39, 0.29) is 0 Å². The van der Waals surface area contributed by atoms with Crippen molar-refractivity contribution in [2.45, 2.75) is 30.4 Å². The Balaban J connectivity index is 1.77. The number of ether oxygens (including phenoxy) is 1. The monoisotopic (exact) mass is 230 g/mol. The molecule has 0 aromatic heterocycles. The van der Waals surface area contributed by atoms with Gasteiger partial charge < -0.3 is 10.1 Å². The van der Waals surface area contributed by atoms with Crippen molar-refractivity contribution in [1.82, 2.24) is 10.2 Å². The van der Waals surface area contributed by atoms with Crippen LogP contribution in [0.5, 0.6) is 0 Å². The molecule has 2 aliphatic heterocycles. The number of nitrogens with zero attached hydrogens (tertiary/aromatic N) is 1. The maximum absolute atomic E-state index is 5.48. The van der Waals surface area contributed by atoms with E-state index in [1.807, 2.05) is 0 Å². The molecule has 2 rings (SSSR count). The molecule has 0 aromatic carbocycles. The second-order valence-electron chi connectivity index (χ2n) is 4.70. The molecule has 2 heterocycles. The molecular formula is C11H22N2OS. The molecule has 1 N–H and O–H groups in total. The molecule has 0 bridgehead atoms. The van der Waals surface area contributed by atoms with Gasteiger partial charge in [0.15, 0.2) is 0 Å². The van der Waals surface area contributed by atoms with Crippen LogP contribution in [0.3, 0.4) is 0 Å². The summed E-state index contributed by atoms with van der Waals surface area (Å²) < 4.78 is 5.48. The first-order valence-corrected chi connectivity index (χ1v) is 6.87. The summed E-state index contributed by atoms with van der Waals surface area (Å²) in [4.78, 5) is 2.58. The summed E-state index contributed by atoms with van der Waals surface area (Å²) in [6.07, 6.45) is 0. The van der Waals surface area contributed by atoms with Crippen LogP contribution in [-0.2, 0) is 4.74 Å². The van der Waals surface area contributed by atoms with E-state index in [4.69, 9.17) is 4.74 Å². The van der Waals surface area contributed by atoms with Crippen LogP contribution in [0.4, 0.5) is 0 Å². The average Bonchev–Trinajstić information content (AvgIpc) is 2.17. The second-order valence-corrected chi connectivity index (χ2v) is 6.58. The van der Waals surface area contributed by atoms with E-state index in [1.165, 1.54) is 13.1 Å². The third-order valence-corrected chi connectivity index (χ3v) is 4.20. The number of nitrogens with one attached hydrogen (secondary N) is 1. The molecule has 0 saturated carbocycles. The number of hydrogen-bond donors (Lipinski definition) is 1. The Morgan fingerprint density at radius 3 is 2.67 bits per heavy atom. The zero-order valence-electron chi connectivity index (χ0n) is 9.74. The molecule has 3 unspecified atom stereocenters. The van der Waals surface area contributed by atoms with Gasteiger partial charge in [0.25, 0.3) is 0 Å². The molecular weight excluding hydrogens is 208 g/mol. The summed E-state index contributed by atoms with van der Waals surface area (Å²) in [5, 5.41) is 5.07. The number of morpholine rings is 1. The lowest BCUT2D eigenvalue weighted by atomic mass is 10.2. The van der Waals surface area contributed by atoms with Gasteiger partial charge in [-0.15, -0.1) is 0 Å². The minimum Gasteiger partial charge on any atom is -0.378 e. The van der Waals surface area contributed by atoms with Crippen LogP contribution >= 0.6 is 11.8 Å². The van der Waals surface area contributed by atoms with Crippen molar-refractivity contribution in [3.8, 4) is 0 Å². The molecule has 0 amide bonds. The van der Waals surface area contributed by atoms with Crippen molar-refractivity contribution in [3.63, 3.8) is 0 Å². The smallest absolute Gasteiger partial charge is 0.0632 e. The van der Waals surface area contributed by atoms with Crippen molar-refractivity contribution in [1.29, 1.82) is 0 Å². The van der Waals surface area contributed by atoms with Gasteiger partial charge in [-0.2, -0.15) is 11.8 Å². The summed E-state index contributed by atoms with van der Waals surface area (Å²) in [5.41, 5.74) is 0. The Labute approximate surface area is 96.9 Å². The van der Waals surface area contributed by atoms with Crippen LogP contribution in [0, 0.1) is 0 Å². The highest BCUT2D eigenvalue weighted by molar-refractivity contribution is 8.00. The molecule has 0 spiro atoms. The Morgan fingerprint density at radius 2 is 2.07 bits per heavy atom. The van der Waals surface area contributed by atoms with Crippen LogP contribution in [-0.4, -0.2) is 60.8 Å². The third-order valence-electron chi connectivity index (χ3n) is 2.97. The Morgan fingerprint density at radius 1 is 1.33 bits per heavy atom. The van der Waals surface area contributed by atoms with Gasteiger partial charge in [-0.3, -0.25) is 4.90 Å². The molecule has 0 aliphatic carbocycles. The third kappa shape index (κ3) is 3.63. The van der Waals surface area contributed by atoms with Gasteiger partial charge in [0.05, 0.1) is 13.2 Å². The van der Waals surface area contributed by atoms with E-state index in [1.54, 1.807) is 0 Å². The predicted octanol–water partition coefficient (Wildman–Crippen LogP) is 0.801.